The highest BCUT2D eigenvalue weighted by molar-refractivity contribution is 5.85. The van der Waals surface area contributed by atoms with Gasteiger partial charge in [-0.2, -0.15) is 13.2 Å². The third-order valence-corrected chi connectivity index (χ3v) is 2.19. The van der Waals surface area contributed by atoms with E-state index in [1.54, 1.807) is 0 Å². The quantitative estimate of drug-likeness (QED) is 0.870. The minimum atomic E-state index is -4.72. The summed E-state index contributed by atoms with van der Waals surface area (Å²) < 4.78 is 60.1. The number of methoxy groups -OCH3 is 2. The van der Waals surface area contributed by atoms with Gasteiger partial charge in [-0.25, -0.2) is 4.39 Å². The maximum Gasteiger partial charge on any atom is 0.407 e. The second kappa shape index (κ2) is 6.10. The number of benzene rings is 1. The van der Waals surface area contributed by atoms with Crippen molar-refractivity contribution in [3.8, 4) is 11.5 Å². The third kappa shape index (κ3) is 3.39. The molecule has 0 fully saturated rings. The van der Waals surface area contributed by atoms with Gasteiger partial charge in [-0.05, 0) is 6.07 Å². The van der Waals surface area contributed by atoms with Crippen LogP contribution in [0.5, 0.6) is 11.5 Å². The summed E-state index contributed by atoms with van der Waals surface area (Å²) in [5, 5.41) is 0. The molecule has 0 aliphatic heterocycles. The molecule has 0 unspecified atom stereocenters. The monoisotopic (exact) mass is 289 g/mol. The maximum absolute atomic E-state index is 13.4. The zero-order valence-corrected chi connectivity index (χ0v) is 10.4. The number of ether oxygens (including phenoxy) is 2. The van der Waals surface area contributed by atoms with E-state index in [9.17, 15) is 17.6 Å². The van der Waals surface area contributed by atoms with E-state index < -0.39 is 23.6 Å². The van der Waals surface area contributed by atoms with Gasteiger partial charge in [-0.1, -0.05) is 0 Å². The van der Waals surface area contributed by atoms with Gasteiger partial charge in [0.25, 0.3) is 0 Å². The Bertz CT molecular complexity index is 412. The number of nitrogens with two attached hydrogens (primary N) is 1. The van der Waals surface area contributed by atoms with Crippen molar-refractivity contribution in [3.63, 3.8) is 0 Å². The van der Waals surface area contributed by atoms with E-state index in [-0.39, 0.29) is 23.9 Å². The van der Waals surface area contributed by atoms with Gasteiger partial charge in [0.05, 0.1) is 14.2 Å². The first-order valence-corrected chi connectivity index (χ1v) is 4.55. The summed E-state index contributed by atoms with van der Waals surface area (Å²) in [7, 11) is 2.49. The highest BCUT2D eigenvalue weighted by Crippen LogP contribution is 2.37. The van der Waals surface area contributed by atoms with Crippen LogP contribution in [0.3, 0.4) is 0 Å². The zero-order chi connectivity index (χ0) is 13.2. The van der Waals surface area contributed by atoms with Gasteiger partial charge in [0.1, 0.15) is 11.9 Å². The van der Waals surface area contributed by atoms with E-state index in [1.165, 1.54) is 14.2 Å². The summed E-state index contributed by atoms with van der Waals surface area (Å²) >= 11 is 0. The van der Waals surface area contributed by atoms with Gasteiger partial charge in [0.15, 0.2) is 11.5 Å². The summed E-state index contributed by atoms with van der Waals surface area (Å²) in [4.78, 5) is 0. The lowest BCUT2D eigenvalue weighted by atomic mass is 10.1. The van der Waals surface area contributed by atoms with Crippen LogP contribution in [0.2, 0.25) is 0 Å². The van der Waals surface area contributed by atoms with Gasteiger partial charge in [0, 0.05) is 11.6 Å². The Morgan fingerprint density at radius 1 is 1.11 bits per heavy atom. The first-order chi connectivity index (χ1) is 7.81. The van der Waals surface area contributed by atoms with Crippen molar-refractivity contribution in [2.75, 3.05) is 14.2 Å². The van der Waals surface area contributed by atoms with Crippen LogP contribution in [0, 0.1) is 5.82 Å². The van der Waals surface area contributed by atoms with E-state index in [0.29, 0.717) is 0 Å². The van der Waals surface area contributed by atoms with Crippen molar-refractivity contribution in [2.45, 2.75) is 12.2 Å². The molecule has 0 radical (unpaired) electrons. The van der Waals surface area contributed by atoms with Crippen molar-refractivity contribution in [1.29, 1.82) is 0 Å². The predicted molar refractivity (Wildman–Crippen MR) is 59.7 cm³/mol. The van der Waals surface area contributed by atoms with E-state index in [4.69, 9.17) is 15.2 Å². The number of hydrogen-bond acceptors (Lipinski definition) is 3. The fraction of sp³-hybridized carbons (Fsp3) is 0.400. The lowest BCUT2D eigenvalue weighted by Crippen LogP contribution is -2.29. The lowest BCUT2D eigenvalue weighted by Gasteiger charge is -2.18. The highest BCUT2D eigenvalue weighted by Gasteiger charge is 2.39. The summed E-state index contributed by atoms with van der Waals surface area (Å²) in [6, 6.07) is -0.714. The number of halogens is 5. The van der Waals surface area contributed by atoms with Crippen LogP contribution in [-0.4, -0.2) is 20.4 Å². The standard InChI is InChI=1S/C10H11F4NO2.ClH/c1-16-7-3-5(9(15)10(12,13)14)6(11)4-8(7)17-2;/h3-4,9H,15H2,1-2H3;1H/t9-;/m0./s1. The number of rotatable bonds is 3. The van der Waals surface area contributed by atoms with Crippen LogP contribution < -0.4 is 15.2 Å². The molecule has 0 amide bonds. The Morgan fingerprint density at radius 2 is 1.56 bits per heavy atom. The van der Waals surface area contributed by atoms with Crippen molar-refractivity contribution in [1.82, 2.24) is 0 Å². The molecule has 1 aromatic rings. The molecule has 18 heavy (non-hydrogen) atoms. The minimum Gasteiger partial charge on any atom is -0.493 e. The van der Waals surface area contributed by atoms with Crippen LogP contribution in [0.4, 0.5) is 17.6 Å². The molecule has 0 saturated heterocycles. The Kier molecular flexibility index (Phi) is 5.69. The second-order valence-corrected chi connectivity index (χ2v) is 3.25. The molecule has 0 spiro atoms. The molecule has 0 bridgehead atoms. The molecular weight excluding hydrogens is 278 g/mol. The van der Waals surface area contributed by atoms with Crippen molar-refractivity contribution in [2.24, 2.45) is 5.73 Å². The molecule has 0 saturated carbocycles. The molecule has 104 valence electrons. The molecule has 8 heteroatoms. The van der Waals surface area contributed by atoms with E-state index >= 15 is 0 Å². The Hall–Kier alpha value is -1.21. The summed E-state index contributed by atoms with van der Waals surface area (Å²) in [6.45, 7) is 0. The Labute approximate surface area is 107 Å². The number of alkyl halides is 3. The van der Waals surface area contributed by atoms with Crippen LogP contribution in [-0.2, 0) is 0 Å². The van der Waals surface area contributed by atoms with Crippen LogP contribution in [0.25, 0.3) is 0 Å². The fourth-order valence-corrected chi connectivity index (χ4v) is 1.28. The first-order valence-electron chi connectivity index (χ1n) is 4.55. The average Bonchev–Trinajstić information content (AvgIpc) is 2.26. The molecule has 0 aromatic heterocycles. The van der Waals surface area contributed by atoms with Crippen molar-refractivity contribution in [3.05, 3.63) is 23.5 Å². The number of hydrogen-bond donors (Lipinski definition) is 1. The molecule has 2 N–H and O–H groups in total. The van der Waals surface area contributed by atoms with Crippen molar-refractivity contribution < 1.29 is 27.0 Å². The van der Waals surface area contributed by atoms with Crippen LogP contribution in [0.1, 0.15) is 11.6 Å². The smallest absolute Gasteiger partial charge is 0.407 e. The van der Waals surface area contributed by atoms with Crippen molar-refractivity contribution >= 4 is 12.4 Å². The molecule has 1 atom stereocenters. The molecule has 3 nitrogen and oxygen atoms in total. The fourth-order valence-electron chi connectivity index (χ4n) is 1.28. The van der Waals surface area contributed by atoms with Gasteiger partial charge in [-0.3, -0.25) is 0 Å². The average molecular weight is 290 g/mol. The lowest BCUT2D eigenvalue weighted by molar-refractivity contribution is -0.149. The van der Waals surface area contributed by atoms with E-state index in [0.717, 1.165) is 12.1 Å². The molecular formula is C10H12ClF4NO2. The van der Waals surface area contributed by atoms with Gasteiger partial charge < -0.3 is 15.2 Å². The Balaban J connectivity index is 0.00000289. The molecule has 0 aliphatic carbocycles. The van der Waals surface area contributed by atoms with E-state index in [2.05, 4.69) is 0 Å². The van der Waals surface area contributed by atoms with Crippen LogP contribution >= 0.6 is 12.4 Å². The molecule has 0 aliphatic rings. The zero-order valence-electron chi connectivity index (χ0n) is 9.55. The minimum absolute atomic E-state index is 0. The summed E-state index contributed by atoms with van der Waals surface area (Å²) in [5.74, 6) is -1.10. The summed E-state index contributed by atoms with van der Waals surface area (Å²) in [5.41, 5.74) is 4.24. The molecule has 1 rings (SSSR count). The summed E-state index contributed by atoms with van der Waals surface area (Å²) in [6.07, 6.45) is -4.72. The SMILES string of the molecule is COc1cc(F)c([C@H](N)C(F)(F)F)cc1OC.Cl. The maximum atomic E-state index is 13.4. The predicted octanol–water partition coefficient (Wildman–Crippen LogP) is 2.83. The van der Waals surface area contributed by atoms with Gasteiger partial charge >= 0.3 is 6.18 Å². The van der Waals surface area contributed by atoms with Crippen LogP contribution in [0.15, 0.2) is 12.1 Å². The van der Waals surface area contributed by atoms with E-state index in [1.807, 2.05) is 0 Å². The third-order valence-electron chi connectivity index (χ3n) is 2.19. The molecule has 0 heterocycles. The Morgan fingerprint density at radius 3 is 1.94 bits per heavy atom. The van der Waals surface area contributed by atoms with Gasteiger partial charge in [0.2, 0.25) is 0 Å². The normalized spacial score (nSPS) is 12.6. The second-order valence-electron chi connectivity index (χ2n) is 3.25. The topological polar surface area (TPSA) is 44.5 Å². The molecule has 1 aromatic carbocycles. The largest absolute Gasteiger partial charge is 0.493 e. The first kappa shape index (κ1) is 16.8. The highest BCUT2D eigenvalue weighted by atomic mass is 35.5. The van der Waals surface area contributed by atoms with Gasteiger partial charge in [-0.15, -0.1) is 12.4 Å².